The maximum Gasteiger partial charge on any atom is 0.251 e. The van der Waals surface area contributed by atoms with Crippen molar-refractivity contribution in [2.45, 2.75) is 31.7 Å². The zero-order valence-corrected chi connectivity index (χ0v) is 14.7. The Morgan fingerprint density at radius 3 is 2.64 bits per heavy atom. The lowest BCUT2D eigenvalue weighted by atomic mass is 10.1. The molecule has 0 radical (unpaired) electrons. The van der Waals surface area contributed by atoms with Gasteiger partial charge >= 0.3 is 0 Å². The van der Waals surface area contributed by atoms with Gasteiger partial charge in [0.2, 0.25) is 5.91 Å². The van der Waals surface area contributed by atoms with E-state index in [0.717, 1.165) is 12.8 Å². The summed E-state index contributed by atoms with van der Waals surface area (Å²) in [5.74, 6) is -0.121. The highest BCUT2D eigenvalue weighted by Crippen LogP contribution is 2.30. The smallest absolute Gasteiger partial charge is 0.251 e. The minimum Gasteiger partial charge on any atom is -0.352 e. The van der Waals surface area contributed by atoms with E-state index in [-0.39, 0.29) is 17.9 Å². The van der Waals surface area contributed by atoms with Gasteiger partial charge in [0.25, 0.3) is 5.91 Å². The molecule has 3 rings (SSSR count). The van der Waals surface area contributed by atoms with Crippen molar-refractivity contribution in [1.82, 2.24) is 10.6 Å². The third-order valence-corrected chi connectivity index (χ3v) is 4.69. The minimum absolute atomic E-state index is 0.0300. The Bertz CT molecular complexity index is 759. The summed E-state index contributed by atoms with van der Waals surface area (Å²) in [7, 11) is 0. The standard InChI is InChI=1S/C20H21ClN2O2/c21-16-10-7-15(8-11-16)20(25)22-13-3-6-19(24)23-18-12-9-14-4-1-2-5-17(14)18/h1-2,4-5,7-8,10-11,18H,3,6,9,12-13H2,(H,22,25)(H,23,24). The van der Waals surface area contributed by atoms with Gasteiger partial charge in [-0.3, -0.25) is 9.59 Å². The average molecular weight is 357 g/mol. The highest BCUT2D eigenvalue weighted by Gasteiger charge is 2.22. The summed E-state index contributed by atoms with van der Waals surface area (Å²) in [5.41, 5.74) is 3.12. The Balaban J connectivity index is 1.39. The van der Waals surface area contributed by atoms with Crippen molar-refractivity contribution < 1.29 is 9.59 Å². The summed E-state index contributed by atoms with van der Waals surface area (Å²) < 4.78 is 0. The summed E-state index contributed by atoms with van der Waals surface area (Å²) in [6.45, 7) is 0.468. The van der Waals surface area contributed by atoms with Crippen LogP contribution < -0.4 is 10.6 Å². The number of aryl methyl sites for hydroxylation is 1. The van der Waals surface area contributed by atoms with E-state index in [2.05, 4.69) is 22.8 Å². The number of rotatable bonds is 6. The molecule has 1 unspecified atom stereocenters. The quantitative estimate of drug-likeness (QED) is 0.776. The van der Waals surface area contributed by atoms with Crippen LogP contribution in [0, 0.1) is 0 Å². The van der Waals surface area contributed by atoms with Gasteiger partial charge in [0.05, 0.1) is 6.04 Å². The molecule has 0 aromatic heterocycles. The zero-order valence-electron chi connectivity index (χ0n) is 13.9. The Hall–Kier alpha value is -2.33. The summed E-state index contributed by atoms with van der Waals surface area (Å²) in [5, 5.41) is 6.51. The summed E-state index contributed by atoms with van der Waals surface area (Å²) in [4.78, 5) is 24.1. The lowest BCUT2D eigenvalue weighted by molar-refractivity contribution is -0.121. The molecule has 2 amide bonds. The predicted octanol–water partition coefficient (Wildman–Crippen LogP) is 3.65. The van der Waals surface area contributed by atoms with Crippen LogP contribution in [-0.2, 0) is 11.2 Å². The lowest BCUT2D eigenvalue weighted by Gasteiger charge is -2.14. The predicted molar refractivity (Wildman–Crippen MR) is 98.7 cm³/mol. The van der Waals surface area contributed by atoms with Crippen LogP contribution in [0.3, 0.4) is 0 Å². The van der Waals surface area contributed by atoms with Crippen molar-refractivity contribution in [3.05, 3.63) is 70.2 Å². The van der Waals surface area contributed by atoms with Gasteiger partial charge in [-0.2, -0.15) is 0 Å². The number of carbonyl (C=O) groups is 2. The number of nitrogens with one attached hydrogen (secondary N) is 2. The van der Waals surface area contributed by atoms with Crippen LogP contribution in [-0.4, -0.2) is 18.4 Å². The van der Waals surface area contributed by atoms with Crippen molar-refractivity contribution in [1.29, 1.82) is 0 Å². The molecule has 0 bridgehead atoms. The third kappa shape index (κ3) is 4.60. The van der Waals surface area contributed by atoms with Gasteiger partial charge in [-0.05, 0) is 54.7 Å². The van der Waals surface area contributed by atoms with E-state index in [9.17, 15) is 9.59 Å². The molecule has 1 atom stereocenters. The SMILES string of the molecule is O=C(CCCNC(=O)c1ccc(Cl)cc1)NC1CCc2ccccc21. The number of fused-ring (bicyclic) bond motifs is 1. The van der Waals surface area contributed by atoms with E-state index in [1.165, 1.54) is 11.1 Å². The molecular formula is C20H21ClN2O2. The van der Waals surface area contributed by atoms with Crippen molar-refractivity contribution in [3.8, 4) is 0 Å². The molecule has 5 heteroatoms. The second-order valence-corrected chi connectivity index (χ2v) is 6.66. The van der Waals surface area contributed by atoms with Crippen LogP contribution in [0.5, 0.6) is 0 Å². The summed E-state index contributed by atoms with van der Waals surface area (Å²) in [6, 6.07) is 15.1. The third-order valence-electron chi connectivity index (χ3n) is 4.44. The number of halogens is 1. The van der Waals surface area contributed by atoms with E-state index in [1.54, 1.807) is 24.3 Å². The summed E-state index contributed by atoms with van der Waals surface area (Å²) in [6.07, 6.45) is 2.98. The van der Waals surface area contributed by atoms with Gasteiger partial charge in [0.15, 0.2) is 0 Å². The van der Waals surface area contributed by atoms with Gasteiger partial charge in [0.1, 0.15) is 0 Å². The fourth-order valence-corrected chi connectivity index (χ4v) is 3.25. The average Bonchev–Trinajstić information content (AvgIpc) is 3.02. The maximum absolute atomic E-state index is 12.1. The number of amides is 2. The maximum atomic E-state index is 12.1. The molecule has 25 heavy (non-hydrogen) atoms. The first kappa shape index (κ1) is 17.5. The van der Waals surface area contributed by atoms with Crippen molar-refractivity contribution in [2.75, 3.05) is 6.54 Å². The van der Waals surface area contributed by atoms with E-state index in [0.29, 0.717) is 30.0 Å². The summed E-state index contributed by atoms with van der Waals surface area (Å²) >= 11 is 5.80. The van der Waals surface area contributed by atoms with Crippen LogP contribution in [0.25, 0.3) is 0 Å². The molecule has 4 nitrogen and oxygen atoms in total. The lowest BCUT2D eigenvalue weighted by Crippen LogP contribution is -2.29. The molecule has 0 saturated heterocycles. The van der Waals surface area contributed by atoms with Crippen molar-refractivity contribution >= 4 is 23.4 Å². The highest BCUT2D eigenvalue weighted by molar-refractivity contribution is 6.30. The van der Waals surface area contributed by atoms with Crippen LogP contribution in [0.15, 0.2) is 48.5 Å². The second kappa shape index (κ2) is 8.17. The molecule has 0 fully saturated rings. The molecule has 1 aliphatic rings. The van der Waals surface area contributed by atoms with Gasteiger partial charge in [0, 0.05) is 23.6 Å². The molecule has 1 aliphatic carbocycles. The normalized spacial score (nSPS) is 15.5. The molecule has 0 spiro atoms. The fourth-order valence-electron chi connectivity index (χ4n) is 3.13. The molecular weight excluding hydrogens is 336 g/mol. The van der Waals surface area contributed by atoms with Crippen molar-refractivity contribution in [2.24, 2.45) is 0 Å². The Kier molecular flexibility index (Phi) is 5.71. The first-order valence-corrected chi connectivity index (χ1v) is 8.92. The largest absolute Gasteiger partial charge is 0.352 e. The first-order chi connectivity index (χ1) is 12.1. The minimum atomic E-state index is -0.151. The molecule has 0 aliphatic heterocycles. The van der Waals surface area contributed by atoms with Crippen LogP contribution in [0.4, 0.5) is 0 Å². The number of carbonyl (C=O) groups excluding carboxylic acids is 2. The van der Waals surface area contributed by atoms with Crippen LogP contribution in [0.1, 0.15) is 46.8 Å². The van der Waals surface area contributed by atoms with E-state index < -0.39 is 0 Å². The highest BCUT2D eigenvalue weighted by atomic mass is 35.5. The van der Waals surface area contributed by atoms with Crippen molar-refractivity contribution in [3.63, 3.8) is 0 Å². The molecule has 2 aromatic carbocycles. The van der Waals surface area contributed by atoms with Gasteiger partial charge in [-0.25, -0.2) is 0 Å². The Morgan fingerprint density at radius 2 is 1.84 bits per heavy atom. The van der Waals surface area contributed by atoms with E-state index in [1.807, 2.05) is 12.1 Å². The number of benzene rings is 2. The van der Waals surface area contributed by atoms with Crippen LogP contribution >= 0.6 is 11.6 Å². The zero-order chi connectivity index (χ0) is 17.6. The van der Waals surface area contributed by atoms with E-state index in [4.69, 9.17) is 11.6 Å². The van der Waals surface area contributed by atoms with Gasteiger partial charge in [-0.1, -0.05) is 35.9 Å². The molecule has 130 valence electrons. The Morgan fingerprint density at radius 1 is 1.08 bits per heavy atom. The van der Waals surface area contributed by atoms with Gasteiger partial charge in [-0.15, -0.1) is 0 Å². The monoisotopic (exact) mass is 356 g/mol. The Labute approximate surface area is 152 Å². The first-order valence-electron chi connectivity index (χ1n) is 8.54. The topological polar surface area (TPSA) is 58.2 Å². The molecule has 0 heterocycles. The second-order valence-electron chi connectivity index (χ2n) is 6.22. The molecule has 0 saturated carbocycles. The number of hydrogen-bond acceptors (Lipinski definition) is 2. The van der Waals surface area contributed by atoms with E-state index >= 15 is 0 Å². The fraction of sp³-hybridized carbons (Fsp3) is 0.300. The number of hydrogen-bond donors (Lipinski definition) is 2. The van der Waals surface area contributed by atoms with Gasteiger partial charge < -0.3 is 10.6 Å². The molecule has 2 aromatic rings. The molecule has 2 N–H and O–H groups in total. The van der Waals surface area contributed by atoms with Crippen LogP contribution in [0.2, 0.25) is 5.02 Å².